The first kappa shape index (κ1) is 15.8. The molecule has 4 nitrogen and oxygen atoms in total. The third-order valence-corrected chi connectivity index (χ3v) is 3.09. The SMILES string of the molecule is CCC(=O)NCC(=O)NCCc1ccc(Cl)cc1Cl. The van der Waals surface area contributed by atoms with Gasteiger partial charge in [0.1, 0.15) is 0 Å². The summed E-state index contributed by atoms with van der Waals surface area (Å²) in [6, 6.07) is 5.25. The molecule has 1 aromatic carbocycles. The third-order valence-electron chi connectivity index (χ3n) is 2.50. The second kappa shape index (κ2) is 8.02. The van der Waals surface area contributed by atoms with Crippen molar-refractivity contribution in [1.29, 1.82) is 0 Å². The van der Waals surface area contributed by atoms with E-state index < -0.39 is 0 Å². The minimum atomic E-state index is -0.216. The van der Waals surface area contributed by atoms with Crippen LogP contribution >= 0.6 is 23.2 Å². The van der Waals surface area contributed by atoms with E-state index in [0.29, 0.717) is 29.4 Å². The van der Waals surface area contributed by atoms with E-state index in [1.165, 1.54) is 0 Å². The van der Waals surface area contributed by atoms with E-state index in [9.17, 15) is 9.59 Å². The molecule has 0 aliphatic rings. The highest BCUT2D eigenvalue weighted by atomic mass is 35.5. The highest BCUT2D eigenvalue weighted by molar-refractivity contribution is 6.35. The van der Waals surface area contributed by atoms with Crippen LogP contribution in [0, 0.1) is 0 Å². The van der Waals surface area contributed by atoms with E-state index in [0.717, 1.165) is 5.56 Å². The molecule has 0 saturated carbocycles. The third kappa shape index (κ3) is 5.94. The van der Waals surface area contributed by atoms with Crippen LogP contribution in [0.4, 0.5) is 0 Å². The number of rotatable bonds is 6. The fourth-order valence-electron chi connectivity index (χ4n) is 1.43. The van der Waals surface area contributed by atoms with Crippen molar-refractivity contribution in [2.75, 3.05) is 13.1 Å². The van der Waals surface area contributed by atoms with Crippen LogP contribution < -0.4 is 10.6 Å². The van der Waals surface area contributed by atoms with Crippen LogP contribution in [0.2, 0.25) is 10.0 Å². The standard InChI is InChI=1S/C13H16Cl2N2O2/c1-2-12(18)17-8-13(19)16-6-5-9-3-4-10(14)7-11(9)15/h3-4,7H,2,5-6,8H2,1H3,(H,16,19)(H,17,18). The van der Waals surface area contributed by atoms with E-state index in [2.05, 4.69) is 10.6 Å². The highest BCUT2D eigenvalue weighted by Crippen LogP contribution is 2.20. The van der Waals surface area contributed by atoms with Crippen LogP contribution in [0.25, 0.3) is 0 Å². The fraction of sp³-hybridized carbons (Fsp3) is 0.385. The zero-order chi connectivity index (χ0) is 14.3. The van der Waals surface area contributed by atoms with Crippen LogP contribution in [-0.2, 0) is 16.0 Å². The van der Waals surface area contributed by atoms with Gasteiger partial charge in [0.25, 0.3) is 0 Å². The molecular weight excluding hydrogens is 287 g/mol. The van der Waals surface area contributed by atoms with Gasteiger partial charge in [-0.15, -0.1) is 0 Å². The molecule has 0 radical (unpaired) electrons. The first-order chi connectivity index (χ1) is 9.02. The summed E-state index contributed by atoms with van der Waals surface area (Å²) in [4.78, 5) is 22.4. The molecule has 0 fully saturated rings. The van der Waals surface area contributed by atoms with E-state index in [4.69, 9.17) is 23.2 Å². The molecule has 0 aromatic heterocycles. The topological polar surface area (TPSA) is 58.2 Å². The molecule has 0 bridgehead atoms. The van der Waals surface area contributed by atoms with Gasteiger partial charge >= 0.3 is 0 Å². The van der Waals surface area contributed by atoms with Gasteiger partial charge in [-0.3, -0.25) is 9.59 Å². The largest absolute Gasteiger partial charge is 0.354 e. The first-order valence-electron chi connectivity index (χ1n) is 6.00. The Morgan fingerprint density at radius 3 is 2.53 bits per heavy atom. The maximum atomic E-state index is 11.4. The lowest BCUT2D eigenvalue weighted by Gasteiger charge is -2.07. The summed E-state index contributed by atoms with van der Waals surface area (Å²) in [5.41, 5.74) is 0.920. The lowest BCUT2D eigenvalue weighted by atomic mass is 10.1. The normalized spacial score (nSPS) is 10.1. The Bertz CT molecular complexity index is 464. The van der Waals surface area contributed by atoms with Gasteiger partial charge in [0.05, 0.1) is 6.54 Å². The lowest BCUT2D eigenvalue weighted by Crippen LogP contribution is -2.37. The molecule has 104 valence electrons. The van der Waals surface area contributed by atoms with Crippen LogP contribution in [0.1, 0.15) is 18.9 Å². The molecule has 0 saturated heterocycles. The summed E-state index contributed by atoms with van der Waals surface area (Å²) in [5.74, 6) is -0.359. The number of benzene rings is 1. The van der Waals surface area contributed by atoms with Gasteiger partial charge in [-0.05, 0) is 24.1 Å². The highest BCUT2D eigenvalue weighted by Gasteiger charge is 2.05. The zero-order valence-corrected chi connectivity index (χ0v) is 12.1. The van der Waals surface area contributed by atoms with Crippen LogP contribution in [0.3, 0.4) is 0 Å². The molecule has 0 spiro atoms. The van der Waals surface area contributed by atoms with Crippen LogP contribution in [0.5, 0.6) is 0 Å². The lowest BCUT2D eigenvalue weighted by molar-refractivity contribution is -0.125. The molecular formula is C13H16Cl2N2O2. The van der Waals surface area contributed by atoms with E-state index in [1.54, 1.807) is 19.1 Å². The van der Waals surface area contributed by atoms with Crippen molar-refractivity contribution in [3.8, 4) is 0 Å². The fourth-order valence-corrected chi connectivity index (χ4v) is 1.93. The number of carbonyl (C=O) groups is 2. The Morgan fingerprint density at radius 2 is 1.89 bits per heavy atom. The average molecular weight is 303 g/mol. The molecule has 2 amide bonds. The van der Waals surface area contributed by atoms with Gasteiger partial charge in [-0.25, -0.2) is 0 Å². The van der Waals surface area contributed by atoms with Gasteiger partial charge in [-0.1, -0.05) is 36.2 Å². The van der Waals surface area contributed by atoms with Crippen molar-refractivity contribution in [3.63, 3.8) is 0 Å². The van der Waals surface area contributed by atoms with Crippen molar-refractivity contribution in [1.82, 2.24) is 10.6 Å². The molecule has 0 unspecified atom stereocenters. The van der Waals surface area contributed by atoms with Crippen molar-refractivity contribution in [2.24, 2.45) is 0 Å². The van der Waals surface area contributed by atoms with Crippen molar-refractivity contribution in [2.45, 2.75) is 19.8 Å². The minimum Gasteiger partial charge on any atom is -0.354 e. The maximum absolute atomic E-state index is 11.4. The number of carbonyl (C=O) groups excluding carboxylic acids is 2. The van der Waals surface area contributed by atoms with Crippen molar-refractivity contribution < 1.29 is 9.59 Å². The molecule has 0 atom stereocenters. The Balaban J connectivity index is 2.30. The Kier molecular flexibility index (Phi) is 6.67. The number of hydrogen-bond acceptors (Lipinski definition) is 2. The zero-order valence-electron chi connectivity index (χ0n) is 10.6. The molecule has 1 aromatic rings. The molecule has 0 aliphatic heterocycles. The number of halogens is 2. The number of amides is 2. The summed E-state index contributed by atoms with van der Waals surface area (Å²) in [6.07, 6.45) is 0.983. The number of hydrogen-bond donors (Lipinski definition) is 2. The molecule has 0 aliphatic carbocycles. The monoisotopic (exact) mass is 302 g/mol. The second-order valence-electron chi connectivity index (χ2n) is 3.97. The minimum absolute atomic E-state index is 0.00102. The van der Waals surface area contributed by atoms with E-state index >= 15 is 0 Å². The second-order valence-corrected chi connectivity index (χ2v) is 4.81. The smallest absolute Gasteiger partial charge is 0.239 e. The quantitative estimate of drug-likeness (QED) is 0.846. The number of nitrogens with one attached hydrogen (secondary N) is 2. The summed E-state index contributed by atoms with van der Waals surface area (Å²) >= 11 is 11.8. The van der Waals surface area contributed by atoms with E-state index in [1.807, 2.05) is 6.07 Å². The Morgan fingerprint density at radius 1 is 1.16 bits per heavy atom. The maximum Gasteiger partial charge on any atom is 0.239 e. The van der Waals surface area contributed by atoms with Gasteiger partial charge in [0.15, 0.2) is 0 Å². The van der Waals surface area contributed by atoms with Crippen LogP contribution in [0.15, 0.2) is 18.2 Å². The molecule has 2 N–H and O–H groups in total. The summed E-state index contributed by atoms with van der Waals surface area (Å²) in [5, 5.41) is 6.38. The van der Waals surface area contributed by atoms with Crippen molar-refractivity contribution in [3.05, 3.63) is 33.8 Å². The predicted octanol–water partition coefficient (Wildman–Crippen LogP) is 2.18. The molecule has 1 rings (SSSR count). The van der Waals surface area contributed by atoms with Gasteiger partial charge in [0.2, 0.25) is 11.8 Å². The summed E-state index contributed by atoms with van der Waals surface area (Å²) in [7, 11) is 0. The van der Waals surface area contributed by atoms with Crippen molar-refractivity contribution >= 4 is 35.0 Å². The molecule has 19 heavy (non-hydrogen) atoms. The van der Waals surface area contributed by atoms with Gasteiger partial charge < -0.3 is 10.6 Å². The Hall–Kier alpha value is -1.26. The van der Waals surface area contributed by atoms with E-state index in [-0.39, 0.29) is 18.4 Å². The van der Waals surface area contributed by atoms with Crippen LogP contribution in [-0.4, -0.2) is 24.9 Å². The Labute approximate surface area is 122 Å². The summed E-state index contributed by atoms with van der Waals surface area (Å²) < 4.78 is 0. The molecule has 6 heteroatoms. The summed E-state index contributed by atoms with van der Waals surface area (Å²) in [6.45, 7) is 2.19. The molecule has 0 heterocycles. The van der Waals surface area contributed by atoms with Gasteiger partial charge in [-0.2, -0.15) is 0 Å². The predicted molar refractivity (Wildman–Crippen MR) is 76.5 cm³/mol. The van der Waals surface area contributed by atoms with Gasteiger partial charge in [0, 0.05) is 23.0 Å². The average Bonchev–Trinajstić information content (AvgIpc) is 2.38. The first-order valence-corrected chi connectivity index (χ1v) is 6.76.